The first-order valence-electron chi connectivity index (χ1n) is 11.2. The van der Waals surface area contributed by atoms with Crippen LogP contribution in [0, 0.1) is 7.14 Å². The van der Waals surface area contributed by atoms with Gasteiger partial charge >= 0.3 is 0 Å². The Kier molecular flexibility index (Phi) is 7.98. The zero-order valence-corrected chi connectivity index (χ0v) is 24.8. The van der Waals surface area contributed by atoms with Crippen LogP contribution in [0.1, 0.15) is 28.8 Å². The SMILES string of the molecule is O=C(CSc1nc2sc3c(c2c(=O)n1-c1ccccc1)CCCC3)N/N=C/c1cc(I)cc(I)c1O. The number of phenolic OH excluding ortho intramolecular Hbond substituents is 1. The van der Waals surface area contributed by atoms with E-state index in [0.29, 0.717) is 19.7 Å². The Bertz CT molecular complexity index is 1550. The number of thioether (sulfide) groups is 1. The third-order valence-electron chi connectivity index (χ3n) is 5.76. The van der Waals surface area contributed by atoms with Crippen LogP contribution in [0.3, 0.4) is 0 Å². The number of rotatable bonds is 6. The fourth-order valence-electron chi connectivity index (χ4n) is 4.11. The first-order chi connectivity index (χ1) is 17.4. The molecular weight excluding hydrogens is 722 g/mol. The second-order valence-corrected chi connectivity index (χ2v) is 12.6. The molecule has 1 aliphatic carbocycles. The van der Waals surface area contributed by atoms with Crippen LogP contribution in [0.2, 0.25) is 0 Å². The minimum atomic E-state index is -0.338. The summed E-state index contributed by atoms with van der Waals surface area (Å²) in [7, 11) is 0. The lowest BCUT2D eigenvalue weighted by atomic mass is 9.97. The Labute approximate surface area is 242 Å². The second kappa shape index (κ2) is 11.2. The predicted octanol–water partition coefficient (Wildman–Crippen LogP) is 5.48. The standard InChI is InChI=1S/C25H20I2N4O3S2/c26-15-10-14(22(33)18(27)11-15)12-28-30-20(32)13-35-25-29-23-21(17-8-4-5-9-19(17)36-23)24(34)31(25)16-6-2-1-3-7-16/h1-3,6-7,10-12,33H,4-5,8-9,13H2,(H,30,32)/b28-12+. The highest BCUT2D eigenvalue weighted by Gasteiger charge is 2.23. The van der Waals surface area contributed by atoms with E-state index in [1.165, 1.54) is 22.9 Å². The molecule has 11 heteroatoms. The Hall–Kier alpha value is -1.97. The number of aromatic hydroxyl groups is 1. The fourth-order valence-corrected chi connectivity index (χ4v) is 8.11. The van der Waals surface area contributed by atoms with Gasteiger partial charge in [0, 0.05) is 14.0 Å². The quantitative estimate of drug-likeness (QED) is 0.0898. The summed E-state index contributed by atoms with van der Waals surface area (Å²) in [5.74, 6) is -0.190. The zero-order valence-electron chi connectivity index (χ0n) is 18.8. The van der Waals surface area contributed by atoms with Crippen molar-refractivity contribution in [3.05, 3.63) is 76.0 Å². The number of hydrogen-bond acceptors (Lipinski definition) is 7. The van der Waals surface area contributed by atoms with Crippen LogP contribution in [-0.2, 0) is 17.6 Å². The summed E-state index contributed by atoms with van der Waals surface area (Å²) < 4.78 is 3.27. The number of carbonyl (C=O) groups excluding carboxylic acids is 1. The normalized spacial score (nSPS) is 13.3. The van der Waals surface area contributed by atoms with Gasteiger partial charge in [0.15, 0.2) is 5.16 Å². The molecular formula is C25H20I2N4O3S2. The molecule has 2 heterocycles. The van der Waals surface area contributed by atoms with Crippen molar-refractivity contribution < 1.29 is 9.90 Å². The molecule has 2 aromatic carbocycles. The first-order valence-corrected chi connectivity index (χ1v) is 15.1. The molecule has 184 valence electrons. The van der Waals surface area contributed by atoms with Crippen LogP contribution in [0.15, 0.2) is 57.5 Å². The first kappa shape index (κ1) is 25.7. The number of nitrogens with zero attached hydrogens (tertiary/aromatic N) is 3. The number of carbonyl (C=O) groups is 1. The molecule has 4 aromatic rings. The van der Waals surface area contributed by atoms with E-state index < -0.39 is 0 Å². The van der Waals surface area contributed by atoms with Gasteiger partial charge in [-0.05, 0) is 101 Å². The third kappa shape index (κ3) is 5.34. The highest BCUT2D eigenvalue weighted by atomic mass is 127. The summed E-state index contributed by atoms with van der Waals surface area (Å²) in [4.78, 5) is 33.1. The van der Waals surface area contributed by atoms with E-state index >= 15 is 0 Å². The molecule has 0 fully saturated rings. The van der Waals surface area contributed by atoms with Gasteiger partial charge in [-0.3, -0.25) is 14.2 Å². The third-order valence-corrected chi connectivity index (χ3v) is 9.32. The molecule has 0 unspecified atom stereocenters. The van der Waals surface area contributed by atoms with E-state index in [1.807, 2.05) is 59.0 Å². The maximum atomic E-state index is 13.7. The van der Waals surface area contributed by atoms with Gasteiger partial charge in [0.1, 0.15) is 10.6 Å². The molecule has 0 bridgehead atoms. The minimum Gasteiger partial charge on any atom is -0.506 e. The number of halogens is 2. The number of hydrazone groups is 1. The zero-order chi connectivity index (χ0) is 25.2. The molecule has 36 heavy (non-hydrogen) atoms. The maximum Gasteiger partial charge on any atom is 0.267 e. The number of nitrogens with one attached hydrogen (secondary N) is 1. The van der Waals surface area contributed by atoms with Crippen molar-refractivity contribution >= 4 is 90.6 Å². The molecule has 2 aromatic heterocycles. The van der Waals surface area contributed by atoms with Gasteiger partial charge in [0.2, 0.25) is 0 Å². The summed E-state index contributed by atoms with van der Waals surface area (Å²) in [5.41, 5.74) is 4.79. The Balaban J connectivity index is 1.41. The van der Waals surface area contributed by atoms with Crippen LogP contribution in [0.4, 0.5) is 0 Å². The summed E-state index contributed by atoms with van der Waals surface area (Å²) in [6, 6.07) is 13.0. The van der Waals surface area contributed by atoms with E-state index in [9.17, 15) is 14.7 Å². The molecule has 0 radical (unpaired) electrons. The summed E-state index contributed by atoms with van der Waals surface area (Å²) in [6.07, 6.45) is 5.53. The van der Waals surface area contributed by atoms with E-state index in [-0.39, 0.29) is 23.0 Å². The number of para-hydroxylation sites is 1. The van der Waals surface area contributed by atoms with E-state index in [2.05, 4.69) is 33.1 Å². The summed E-state index contributed by atoms with van der Waals surface area (Å²) in [5, 5.41) is 15.4. The lowest BCUT2D eigenvalue weighted by Gasteiger charge is -2.13. The summed E-state index contributed by atoms with van der Waals surface area (Å²) in [6.45, 7) is 0. The number of benzene rings is 2. The molecule has 5 rings (SSSR count). The van der Waals surface area contributed by atoms with Crippen molar-refractivity contribution in [1.29, 1.82) is 0 Å². The Morgan fingerprint density at radius 3 is 2.81 bits per heavy atom. The van der Waals surface area contributed by atoms with Crippen molar-refractivity contribution in [3.63, 3.8) is 0 Å². The van der Waals surface area contributed by atoms with Gasteiger partial charge in [0.25, 0.3) is 11.5 Å². The van der Waals surface area contributed by atoms with Crippen LogP contribution in [0.5, 0.6) is 5.75 Å². The molecule has 0 spiro atoms. The number of fused-ring (bicyclic) bond motifs is 3. The second-order valence-electron chi connectivity index (χ2n) is 8.17. The number of aromatic nitrogens is 2. The number of phenols is 1. The predicted molar refractivity (Wildman–Crippen MR) is 162 cm³/mol. The van der Waals surface area contributed by atoms with Crippen molar-refractivity contribution in [2.45, 2.75) is 30.8 Å². The van der Waals surface area contributed by atoms with Gasteiger partial charge in [-0.15, -0.1) is 11.3 Å². The number of amides is 1. The Morgan fingerprint density at radius 2 is 2.00 bits per heavy atom. The van der Waals surface area contributed by atoms with Gasteiger partial charge in [-0.2, -0.15) is 5.10 Å². The van der Waals surface area contributed by atoms with Crippen molar-refractivity contribution in [1.82, 2.24) is 15.0 Å². The number of hydrogen-bond donors (Lipinski definition) is 2. The monoisotopic (exact) mass is 742 g/mol. The highest BCUT2D eigenvalue weighted by Crippen LogP contribution is 2.35. The fraction of sp³-hybridized carbons (Fsp3) is 0.200. The van der Waals surface area contributed by atoms with Gasteiger partial charge in [0.05, 0.1) is 26.6 Å². The molecule has 2 N–H and O–H groups in total. The van der Waals surface area contributed by atoms with Crippen molar-refractivity contribution in [2.24, 2.45) is 5.10 Å². The van der Waals surface area contributed by atoms with Gasteiger partial charge in [-0.1, -0.05) is 30.0 Å². The van der Waals surface area contributed by atoms with Crippen LogP contribution in [0.25, 0.3) is 15.9 Å². The molecule has 0 aliphatic heterocycles. The average molecular weight is 742 g/mol. The Morgan fingerprint density at radius 1 is 1.22 bits per heavy atom. The summed E-state index contributed by atoms with van der Waals surface area (Å²) >= 11 is 7.00. The van der Waals surface area contributed by atoms with Crippen molar-refractivity contribution in [2.75, 3.05) is 5.75 Å². The van der Waals surface area contributed by atoms with Crippen LogP contribution >= 0.6 is 68.3 Å². The lowest BCUT2D eigenvalue weighted by Crippen LogP contribution is -2.24. The molecule has 7 nitrogen and oxygen atoms in total. The van der Waals surface area contributed by atoms with E-state index in [0.717, 1.165) is 45.3 Å². The molecule has 0 atom stereocenters. The van der Waals surface area contributed by atoms with Crippen LogP contribution < -0.4 is 11.0 Å². The average Bonchev–Trinajstić information content (AvgIpc) is 3.25. The van der Waals surface area contributed by atoms with Crippen LogP contribution in [-0.4, -0.2) is 32.5 Å². The molecule has 1 amide bonds. The molecule has 0 saturated heterocycles. The highest BCUT2D eigenvalue weighted by molar-refractivity contribution is 14.1. The molecule has 1 aliphatic rings. The largest absolute Gasteiger partial charge is 0.506 e. The van der Waals surface area contributed by atoms with E-state index in [4.69, 9.17) is 4.98 Å². The number of thiophene rings is 1. The smallest absolute Gasteiger partial charge is 0.267 e. The minimum absolute atomic E-state index is 0.0308. The lowest BCUT2D eigenvalue weighted by molar-refractivity contribution is -0.118. The number of aryl methyl sites for hydroxylation is 2. The van der Waals surface area contributed by atoms with E-state index in [1.54, 1.807) is 22.0 Å². The van der Waals surface area contributed by atoms with Gasteiger partial charge in [-0.25, -0.2) is 10.4 Å². The topological polar surface area (TPSA) is 96.6 Å². The van der Waals surface area contributed by atoms with Crippen molar-refractivity contribution in [3.8, 4) is 11.4 Å². The van der Waals surface area contributed by atoms with Gasteiger partial charge < -0.3 is 5.11 Å². The maximum absolute atomic E-state index is 13.7. The molecule has 0 saturated carbocycles.